The third-order valence-corrected chi connectivity index (χ3v) is 5.08. The van der Waals surface area contributed by atoms with Crippen molar-refractivity contribution in [1.29, 1.82) is 0 Å². The molecular formula is C20H22NOS+. The highest BCUT2D eigenvalue weighted by Crippen LogP contribution is 2.13. The van der Waals surface area contributed by atoms with E-state index in [0.29, 0.717) is 6.61 Å². The number of nitrogens with zero attached hydrogens (tertiary/aromatic N) is 1. The van der Waals surface area contributed by atoms with Crippen LogP contribution in [0.3, 0.4) is 0 Å². The normalized spacial score (nSPS) is 10.8. The SMILES string of the molecule is Cc1c(CCOCc2ccccc2)sc[n+]1Cc1ccccc1. The molecule has 0 radical (unpaired) electrons. The average Bonchev–Trinajstić information content (AvgIpc) is 2.94. The summed E-state index contributed by atoms with van der Waals surface area (Å²) in [5.41, 5.74) is 6.14. The molecule has 0 bridgehead atoms. The first-order valence-electron chi connectivity index (χ1n) is 7.95. The molecule has 0 aliphatic heterocycles. The molecule has 0 saturated carbocycles. The number of hydrogen-bond acceptors (Lipinski definition) is 2. The molecule has 0 N–H and O–H groups in total. The molecule has 2 aromatic carbocycles. The Kier molecular flexibility index (Phi) is 5.56. The molecular weight excluding hydrogens is 302 g/mol. The van der Waals surface area contributed by atoms with E-state index in [9.17, 15) is 0 Å². The van der Waals surface area contributed by atoms with Crippen LogP contribution in [0.15, 0.2) is 66.2 Å². The highest BCUT2D eigenvalue weighted by molar-refractivity contribution is 7.09. The monoisotopic (exact) mass is 324 g/mol. The average molecular weight is 324 g/mol. The second kappa shape index (κ2) is 8.04. The maximum Gasteiger partial charge on any atom is 0.225 e. The number of aromatic nitrogens is 1. The van der Waals surface area contributed by atoms with Crippen LogP contribution >= 0.6 is 11.3 Å². The van der Waals surface area contributed by atoms with E-state index >= 15 is 0 Å². The van der Waals surface area contributed by atoms with Gasteiger partial charge in [-0.1, -0.05) is 72.0 Å². The molecule has 2 nitrogen and oxygen atoms in total. The van der Waals surface area contributed by atoms with E-state index in [2.05, 4.69) is 71.6 Å². The summed E-state index contributed by atoms with van der Waals surface area (Å²) in [4.78, 5) is 1.41. The molecule has 0 aliphatic carbocycles. The zero-order valence-corrected chi connectivity index (χ0v) is 14.3. The molecule has 0 atom stereocenters. The van der Waals surface area contributed by atoms with E-state index in [1.165, 1.54) is 21.7 Å². The highest BCUT2D eigenvalue weighted by Gasteiger charge is 2.15. The molecule has 0 aliphatic rings. The summed E-state index contributed by atoms with van der Waals surface area (Å²) in [6.07, 6.45) is 0.977. The summed E-state index contributed by atoms with van der Waals surface area (Å²) in [5, 5.41) is 0. The maximum atomic E-state index is 5.80. The van der Waals surface area contributed by atoms with Crippen molar-refractivity contribution in [2.75, 3.05) is 6.61 Å². The lowest BCUT2D eigenvalue weighted by atomic mass is 10.2. The standard InChI is InChI=1S/C20H22NOS/c1-17-20(12-13-22-15-19-10-6-3-7-11-19)23-16-21(17)14-18-8-4-2-5-9-18/h2-11,16H,12-15H2,1H3/q+1. The van der Waals surface area contributed by atoms with Crippen molar-refractivity contribution in [2.45, 2.75) is 26.5 Å². The second-order valence-corrected chi connectivity index (χ2v) is 6.57. The van der Waals surface area contributed by atoms with E-state index < -0.39 is 0 Å². The van der Waals surface area contributed by atoms with Crippen LogP contribution in [0.1, 0.15) is 21.7 Å². The van der Waals surface area contributed by atoms with Gasteiger partial charge >= 0.3 is 0 Å². The zero-order chi connectivity index (χ0) is 15.9. The smallest absolute Gasteiger partial charge is 0.225 e. The molecule has 3 heteroatoms. The number of thiazole rings is 1. The number of benzene rings is 2. The van der Waals surface area contributed by atoms with Crippen LogP contribution in [0, 0.1) is 6.92 Å². The Hall–Kier alpha value is -1.97. The Bertz CT molecular complexity index is 722. The van der Waals surface area contributed by atoms with Gasteiger partial charge in [-0.15, -0.1) is 0 Å². The van der Waals surface area contributed by atoms with Gasteiger partial charge in [-0.2, -0.15) is 4.57 Å². The van der Waals surface area contributed by atoms with E-state index in [0.717, 1.165) is 19.6 Å². The third-order valence-electron chi connectivity index (χ3n) is 3.94. The molecule has 1 aromatic heterocycles. The van der Waals surface area contributed by atoms with E-state index in [-0.39, 0.29) is 0 Å². The first-order valence-corrected chi connectivity index (χ1v) is 8.83. The van der Waals surface area contributed by atoms with Crippen LogP contribution in [0.25, 0.3) is 0 Å². The van der Waals surface area contributed by atoms with Crippen molar-refractivity contribution in [2.24, 2.45) is 0 Å². The minimum atomic E-state index is 0.690. The minimum Gasteiger partial charge on any atom is -0.376 e. The predicted octanol–water partition coefficient (Wildman–Crippen LogP) is 4.15. The van der Waals surface area contributed by atoms with Crippen molar-refractivity contribution >= 4 is 11.3 Å². The van der Waals surface area contributed by atoms with Gasteiger partial charge in [0.2, 0.25) is 5.51 Å². The lowest BCUT2D eigenvalue weighted by molar-refractivity contribution is -0.689. The fourth-order valence-electron chi connectivity index (χ4n) is 2.56. The summed E-state index contributed by atoms with van der Waals surface area (Å²) in [7, 11) is 0. The van der Waals surface area contributed by atoms with Gasteiger partial charge in [-0.25, -0.2) is 0 Å². The molecule has 0 unspecified atom stereocenters. The molecule has 0 spiro atoms. The van der Waals surface area contributed by atoms with Gasteiger partial charge in [-0.05, 0) is 5.56 Å². The third kappa shape index (κ3) is 4.50. The Labute approximate surface area is 142 Å². The summed E-state index contributed by atoms with van der Waals surface area (Å²) >= 11 is 1.82. The summed E-state index contributed by atoms with van der Waals surface area (Å²) < 4.78 is 8.13. The Balaban J connectivity index is 1.51. The van der Waals surface area contributed by atoms with Crippen molar-refractivity contribution < 1.29 is 9.30 Å². The van der Waals surface area contributed by atoms with Gasteiger partial charge in [0, 0.05) is 18.9 Å². The van der Waals surface area contributed by atoms with Crippen molar-refractivity contribution in [3.8, 4) is 0 Å². The molecule has 3 aromatic rings. The second-order valence-electron chi connectivity index (χ2n) is 5.63. The fraction of sp³-hybridized carbons (Fsp3) is 0.250. The van der Waals surface area contributed by atoms with E-state index in [1.807, 2.05) is 17.4 Å². The van der Waals surface area contributed by atoms with Crippen LogP contribution in [-0.2, 0) is 24.3 Å². The Morgan fingerprint density at radius 1 is 0.913 bits per heavy atom. The first kappa shape index (κ1) is 15.9. The van der Waals surface area contributed by atoms with Gasteiger partial charge in [0.25, 0.3) is 0 Å². The highest BCUT2D eigenvalue weighted by atomic mass is 32.1. The largest absolute Gasteiger partial charge is 0.376 e. The van der Waals surface area contributed by atoms with Gasteiger partial charge < -0.3 is 4.74 Å². The van der Waals surface area contributed by atoms with Gasteiger partial charge in [0.15, 0.2) is 12.2 Å². The van der Waals surface area contributed by atoms with Gasteiger partial charge in [0.05, 0.1) is 18.1 Å². The first-order chi connectivity index (χ1) is 11.3. The quantitative estimate of drug-likeness (QED) is 0.470. The van der Waals surface area contributed by atoms with E-state index in [1.54, 1.807) is 0 Å². The molecule has 1 heterocycles. The maximum absolute atomic E-state index is 5.80. The Morgan fingerprint density at radius 2 is 1.57 bits per heavy atom. The zero-order valence-electron chi connectivity index (χ0n) is 13.4. The van der Waals surface area contributed by atoms with Crippen LogP contribution in [-0.4, -0.2) is 6.61 Å². The van der Waals surface area contributed by atoms with Crippen LogP contribution < -0.4 is 4.57 Å². The number of hydrogen-bond donors (Lipinski definition) is 0. The van der Waals surface area contributed by atoms with Crippen molar-refractivity contribution in [3.63, 3.8) is 0 Å². The summed E-state index contributed by atoms with van der Waals surface area (Å²) in [5.74, 6) is 0. The molecule has 0 saturated heterocycles. The summed E-state index contributed by atoms with van der Waals surface area (Å²) in [6, 6.07) is 20.9. The lowest BCUT2D eigenvalue weighted by Crippen LogP contribution is -2.35. The van der Waals surface area contributed by atoms with Crippen molar-refractivity contribution in [1.82, 2.24) is 0 Å². The topological polar surface area (TPSA) is 13.1 Å². The molecule has 0 fully saturated rings. The van der Waals surface area contributed by atoms with E-state index in [4.69, 9.17) is 4.74 Å². The van der Waals surface area contributed by atoms with Crippen molar-refractivity contribution in [3.05, 3.63) is 87.9 Å². The summed E-state index contributed by atoms with van der Waals surface area (Å²) in [6.45, 7) is 4.59. The minimum absolute atomic E-state index is 0.690. The van der Waals surface area contributed by atoms with Crippen LogP contribution in [0.5, 0.6) is 0 Å². The Morgan fingerprint density at radius 3 is 2.26 bits per heavy atom. The van der Waals surface area contributed by atoms with Gasteiger partial charge in [-0.3, -0.25) is 0 Å². The lowest BCUT2D eigenvalue weighted by Gasteiger charge is -2.03. The molecule has 0 amide bonds. The van der Waals surface area contributed by atoms with Gasteiger partial charge in [0.1, 0.15) is 0 Å². The predicted molar refractivity (Wildman–Crippen MR) is 94.6 cm³/mol. The van der Waals surface area contributed by atoms with Crippen LogP contribution in [0.2, 0.25) is 0 Å². The molecule has 3 rings (SSSR count). The molecule has 118 valence electrons. The number of rotatable bonds is 7. The molecule has 23 heavy (non-hydrogen) atoms. The number of ether oxygens (including phenoxy) is 1. The van der Waals surface area contributed by atoms with Crippen LogP contribution in [0.4, 0.5) is 0 Å². The fourth-order valence-corrected chi connectivity index (χ4v) is 3.53.